The number of hydrogen-bond acceptors (Lipinski definition) is 2. The summed E-state index contributed by atoms with van der Waals surface area (Å²) in [5, 5.41) is 0.921. The van der Waals surface area contributed by atoms with E-state index in [1.165, 1.54) is 0 Å². The molecule has 0 bridgehead atoms. The summed E-state index contributed by atoms with van der Waals surface area (Å²) in [6, 6.07) is 12.1. The Hall–Kier alpha value is -1.07. The third-order valence-corrected chi connectivity index (χ3v) is 6.82. The highest BCUT2D eigenvalue weighted by atomic mass is 35.5. The van der Waals surface area contributed by atoms with Crippen LogP contribution in [0.3, 0.4) is 0 Å². The van der Waals surface area contributed by atoms with Gasteiger partial charge in [0.15, 0.2) is 0 Å². The van der Waals surface area contributed by atoms with Crippen LogP contribution >= 0.6 is 23.2 Å². The fraction of sp³-hybridized carbons (Fsp3) is 0.294. The van der Waals surface area contributed by atoms with Crippen LogP contribution in [0.15, 0.2) is 47.4 Å². The van der Waals surface area contributed by atoms with Crippen molar-refractivity contribution >= 4 is 33.2 Å². The molecule has 1 saturated heterocycles. The molecule has 1 aliphatic heterocycles. The number of sulfonamides is 1. The van der Waals surface area contributed by atoms with Gasteiger partial charge in [-0.25, -0.2) is 8.42 Å². The van der Waals surface area contributed by atoms with Crippen molar-refractivity contribution in [3.8, 4) is 0 Å². The minimum absolute atomic E-state index is 0.198. The van der Waals surface area contributed by atoms with Gasteiger partial charge < -0.3 is 0 Å². The van der Waals surface area contributed by atoms with Crippen LogP contribution in [0.2, 0.25) is 10.0 Å². The normalized spacial score (nSPS) is 19.2. The van der Waals surface area contributed by atoms with Crippen molar-refractivity contribution in [3.05, 3.63) is 63.6 Å². The molecule has 0 spiro atoms. The molecule has 3 nitrogen and oxygen atoms in total. The summed E-state index contributed by atoms with van der Waals surface area (Å²) in [7, 11) is -3.52. The van der Waals surface area contributed by atoms with E-state index in [1.807, 2.05) is 25.1 Å². The Balaban J connectivity index is 1.97. The molecule has 1 fully saturated rings. The van der Waals surface area contributed by atoms with Crippen molar-refractivity contribution in [3.63, 3.8) is 0 Å². The first-order valence-corrected chi connectivity index (χ1v) is 9.62. The molecule has 122 valence electrons. The highest BCUT2D eigenvalue weighted by Gasteiger charge is 2.36. The molecule has 0 radical (unpaired) electrons. The molecular weight excluding hydrogens is 353 g/mol. The number of rotatable bonds is 3. The third kappa shape index (κ3) is 3.26. The molecule has 1 atom stereocenters. The average molecular weight is 370 g/mol. The molecule has 0 unspecified atom stereocenters. The molecule has 3 rings (SSSR count). The maximum atomic E-state index is 12.9. The van der Waals surface area contributed by atoms with Gasteiger partial charge in [-0.05, 0) is 49.6 Å². The topological polar surface area (TPSA) is 37.4 Å². The minimum Gasteiger partial charge on any atom is -0.207 e. The summed E-state index contributed by atoms with van der Waals surface area (Å²) in [6.45, 7) is 2.45. The van der Waals surface area contributed by atoms with E-state index < -0.39 is 10.0 Å². The average Bonchev–Trinajstić information content (AvgIpc) is 3.01. The third-order valence-electron chi connectivity index (χ3n) is 4.16. The van der Waals surface area contributed by atoms with Crippen molar-refractivity contribution in [2.24, 2.45) is 0 Å². The lowest BCUT2D eigenvalue weighted by molar-refractivity contribution is 0.396. The van der Waals surface area contributed by atoms with Crippen LogP contribution in [0.4, 0.5) is 0 Å². The van der Waals surface area contributed by atoms with Gasteiger partial charge in [0.2, 0.25) is 10.0 Å². The summed E-state index contributed by atoms with van der Waals surface area (Å²) >= 11 is 12.0. The largest absolute Gasteiger partial charge is 0.243 e. The van der Waals surface area contributed by atoms with E-state index in [9.17, 15) is 8.42 Å². The van der Waals surface area contributed by atoms with Crippen LogP contribution in [0.1, 0.15) is 30.0 Å². The van der Waals surface area contributed by atoms with Crippen LogP contribution in [0.5, 0.6) is 0 Å². The predicted octanol–water partition coefficient (Wildman–Crippen LogP) is 4.83. The van der Waals surface area contributed by atoms with Crippen LogP contribution < -0.4 is 0 Å². The van der Waals surface area contributed by atoms with E-state index in [2.05, 4.69) is 0 Å². The van der Waals surface area contributed by atoms with Crippen LogP contribution in [-0.2, 0) is 10.0 Å². The molecule has 0 amide bonds. The molecule has 1 aliphatic rings. The minimum atomic E-state index is -3.52. The summed E-state index contributed by atoms with van der Waals surface area (Å²) in [6.07, 6.45) is 1.61. The second kappa shape index (κ2) is 6.44. The Morgan fingerprint density at radius 2 is 1.74 bits per heavy atom. The zero-order valence-electron chi connectivity index (χ0n) is 12.7. The number of aryl methyl sites for hydroxylation is 1. The quantitative estimate of drug-likeness (QED) is 0.776. The monoisotopic (exact) mass is 369 g/mol. The lowest BCUT2D eigenvalue weighted by atomic mass is 10.1. The van der Waals surface area contributed by atoms with Crippen molar-refractivity contribution < 1.29 is 8.42 Å². The lowest BCUT2D eigenvalue weighted by Gasteiger charge is -2.24. The van der Waals surface area contributed by atoms with Gasteiger partial charge in [-0.15, -0.1) is 0 Å². The molecule has 23 heavy (non-hydrogen) atoms. The van der Waals surface area contributed by atoms with Crippen LogP contribution in [0, 0.1) is 6.92 Å². The van der Waals surface area contributed by atoms with Gasteiger partial charge >= 0.3 is 0 Å². The van der Waals surface area contributed by atoms with Gasteiger partial charge in [0.25, 0.3) is 0 Å². The van der Waals surface area contributed by atoms with Gasteiger partial charge in [-0.1, -0.05) is 47.0 Å². The SMILES string of the molecule is Cc1ccc(S(=O)(=O)N2CCC[C@H]2c2ccc(Cl)c(Cl)c2)cc1. The summed E-state index contributed by atoms with van der Waals surface area (Å²) < 4.78 is 27.5. The molecule has 0 saturated carbocycles. The summed E-state index contributed by atoms with van der Waals surface area (Å²) in [5.74, 6) is 0. The Morgan fingerprint density at radius 1 is 1.04 bits per heavy atom. The zero-order chi connectivity index (χ0) is 16.6. The van der Waals surface area contributed by atoms with Crippen LogP contribution in [-0.4, -0.2) is 19.3 Å². The Morgan fingerprint density at radius 3 is 2.39 bits per heavy atom. The molecular formula is C17H17Cl2NO2S. The number of nitrogens with zero attached hydrogens (tertiary/aromatic N) is 1. The molecule has 0 aliphatic carbocycles. The smallest absolute Gasteiger partial charge is 0.207 e. The Bertz CT molecular complexity index is 819. The first-order chi connectivity index (χ1) is 10.9. The summed E-state index contributed by atoms with van der Waals surface area (Å²) in [4.78, 5) is 0.329. The van der Waals surface area contributed by atoms with Gasteiger partial charge in [-0.2, -0.15) is 4.31 Å². The van der Waals surface area contributed by atoms with E-state index in [0.717, 1.165) is 24.0 Å². The number of hydrogen-bond donors (Lipinski definition) is 0. The molecule has 6 heteroatoms. The fourth-order valence-corrected chi connectivity index (χ4v) is 4.92. The van der Waals surface area contributed by atoms with Crippen molar-refractivity contribution in [1.82, 2.24) is 4.31 Å². The fourth-order valence-electron chi connectivity index (χ4n) is 2.93. The standard InChI is InChI=1S/C17H17Cl2NO2S/c1-12-4-7-14(8-5-12)23(21,22)20-10-2-3-17(20)13-6-9-15(18)16(19)11-13/h4-9,11,17H,2-3,10H2,1H3/t17-/m0/s1. The second-order valence-corrected chi connectivity index (χ2v) is 8.47. The summed E-state index contributed by atoms with van der Waals surface area (Å²) in [5.41, 5.74) is 1.92. The Labute approximate surface area is 146 Å². The molecule has 0 N–H and O–H groups in total. The predicted molar refractivity (Wildman–Crippen MR) is 93.5 cm³/mol. The number of benzene rings is 2. The van der Waals surface area contributed by atoms with Gasteiger partial charge in [-0.3, -0.25) is 0 Å². The van der Waals surface area contributed by atoms with Crippen molar-refractivity contribution in [1.29, 1.82) is 0 Å². The number of halogens is 2. The zero-order valence-corrected chi connectivity index (χ0v) is 15.0. The lowest BCUT2D eigenvalue weighted by Crippen LogP contribution is -2.30. The van der Waals surface area contributed by atoms with Crippen LogP contribution in [0.25, 0.3) is 0 Å². The highest BCUT2D eigenvalue weighted by molar-refractivity contribution is 7.89. The molecule has 1 heterocycles. The van der Waals surface area contributed by atoms with Gasteiger partial charge in [0.05, 0.1) is 21.0 Å². The van der Waals surface area contributed by atoms with Gasteiger partial charge in [0, 0.05) is 6.54 Å². The second-order valence-electron chi connectivity index (χ2n) is 5.76. The Kier molecular flexibility index (Phi) is 4.70. The van der Waals surface area contributed by atoms with E-state index in [0.29, 0.717) is 21.5 Å². The molecule has 0 aromatic heterocycles. The van der Waals surface area contributed by atoms with E-state index >= 15 is 0 Å². The first kappa shape index (κ1) is 16.8. The maximum absolute atomic E-state index is 12.9. The first-order valence-electron chi connectivity index (χ1n) is 7.43. The highest BCUT2D eigenvalue weighted by Crippen LogP contribution is 2.38. The molecule has 2 aromatic carbocycles. The van der Waals surface area contributed by atoms with E-state index in [-0.39, 0.29) is 6.04 Å². The van der Waals surface area contributed by atoms with Gasteiger partial charge in [0.1, 0.15) is 0 Å². The van der Waals surface area contributed by atoms with Crippen molar-refractivity contribution in [2.45, 2.75) is 30.7 Å². The molecule has 2 aromatic rings. The van der Waals surface area contributed by atoms with E-state index in [4.69, 9.17) is 23.2 Å². The van der Waals surface area contributed by atoms with Crippen molar-refractivity contribution in [2.75, 3.05) is 6.54 Å². The maximum Gasteiger partial charge on any atom is 0.243 e. The van der Waals surface area contributed by atoms with E-state index in [1.54, 1.807) is 28.6 Å².